The molecule has 4 heteroatoms. The summed E-state index contributed by atoms with van der Waals surface area (Å²) in [5, 5.41) is 2.84. The van der Waals surface area contributed by atoms with Crippen LogP contribution < -0.4 is 5.32 Å². The average Bonchev–Trinajstić information content (AvgIpc) is 2.46. The summed E-state index contributed by atoms with van der Waals surface area (Å²) < 4.78 is 0.446. The maximum atomic E-state index is 11.9. The molecule has 96 valence electrons. The molecule has 0 saturated heterocycles. The van der Waals surface area contributed by atoms with Gasteiger partial charge in [0.05, 0.1) is 5.56 Å². The second kappa shape index (κ2) is 6.11. The summed E-state index contributed by atoms with van der Waals surface area (Å²) in [5.74, 6) is -0.172. The van der Waals surface area contributed by atoms with E-state index in [-0.39, 0.29) is 5.91 Å². The number of amides is 1. The van der Waals surface area contributed by atoms with Crippen LogP contribution in [0.5, 0.6) is 0 Å². The highest BCUT2D eigenvalue weighted by molar-refractivity contribution is 7.71. The first-order valence-corrected chi connectivity index (χ1v) is 6.29. The summed E-state index contributed by atoms with van der Waals surface area (Å²) >= 11 is 5.06. The van der Waals surface area contributed by atoms with Gasteiger partial charge in [0.25, 0.3) is 5.91 Å². The standard InChI is InChI=1S/C15H14N2OS/c1-2-11-5-7-12(8-6-11)10-17-14(18)13-4-3-9-16-15(13)19/h2-9H,1,10H2,(H,16,19)(H,17,18). The number of carbonyl (C=O) groups excluding carboxylic acids is 1. The Balaban J connectivity index is 2.02. The smallest absolute Gasteiger partial charge is 0.254 e. The van der Waals surface area contributed by atoms with Crippen molar-refractivity contribution in [2.45, 2.75) is 6.54 Å². The van der Waals surface area contributed by atoms with E-state index < -0.39 is 0 Å². The van der Waals surface area contributed by atoms with Crippen molar-refractivity contribution in [1.29, 1.82) is 0 Å². The summed E-state index contributed by atoms with van der Waals surface area (Å²) in [5.41, 5.74) is 2.57. The molecule has 3 nitrogen and oxygen atoms in total. The fourth-order valence-corrected chi connectivity index (χ4v) is 1.88. The van der Waals surface area contributed by atoms with Gasteiger partial charge in [0.15, 0.2) is 0 Å². The Labute approximate surface area is 117 Å². The zero-order valence-electron chi connectivity index (χ0n) is 10.3. The Hall–Kier alpha value is -2.20. The van der Waals surface area contributed by atoms with E-state index >= 15 is 0 Å². The normalized spacial score (nSPS) is 9.89. The van der Waals surface area contributed by atoms with Crippen molar-refractivity contribution >= 4 is 24.2 Å². The highest BCUT2D eigenvalue weighted by atomic mass is 32.1. The zero-order chi connectivity index (χ0) is 13.7. The Kier molecular flexibility index (Phi) is 4.26. The van der Waals surface area contributed by atoms with Crippen molar-refractivity contribution in [1.82, 2.24) is 10.3 Å². The van der Waals surface area contributed by atoms with Gasteiger partial charge in [0, 0.05) is 12.7 Å². The largest absolute Gasteiger partial charge is 0.352 e. The molecule has 0 spiro atoms. The lowest BCUT2D eigenvalue weighted by Crippen LogP contribution is -2.23. The molecule has 0 unspecified atom stereocenters. The second-order valence-corrected chi connectivity index (χ2v) is 4.45. The summed E-state index contributed by atoms with van der Waals surface area (Å²) in [4.78, 5) is 14.8. The van der Waals surface area contributed by atoms with Crippen molar-refractivity contribution in [2.75, 3.05) is 0 Å². The quantitative estimate of drug-likeness (QED) is 0.837. The molecule has 1 aromatic carbocycles. The number of hydrogen-bond acceptors (Lipinski definition) is 2. The first-order valence-electron chi connectivity index (χ1n) is 5.88. The van der Waals surface area contributed by atoms with Gasteiger partial charge in [0.1, 0.15) is 4.64 Å². The molecule has 1 heterocycles. The molecule has 0 bridgehead atoms. The van der Waals surface area contributed by atoms with Gasteiger partial charge >= 0.3 is 0 Å². The van der Waals surface area contributed by atoms with E-state index in [1.807, 2.05) is 24.3 Å². The Morgan fingerprint density at radius 3 is 2.68 bits per heavy atom. The second-order valence-electron chi connectivity index (χ2n) is 4.04. The number of pyridine rings is 1. The SMILES string of the molecule is C=Cc1ccc(CNC(=O)c2ccc[nH]c2=S)cc1. The zero-order valence-corrected chi connectivity index (χ0v) is 11.2. The summed E-state index contributed by atoms with van der Waals surface area (Å²) in [6.45, 7) is 4.17. The third kappa shape index (κ3) is 3.39. The minimum atomic E-state index is -0.172. The van der Waals surface area contributed by atoms with Crippen molar-refractivity contribution in [3.05, 3.63) is 70.5 Å². The number of carbonyl (C=O) groups is 1. The Morgan fingerprint density at radius 1 is 1.32 bits per heavy atom. The molecule has 0 aliphatic rings. The van der Waals surface area contributed by atoms with Gasteiger partial charge in [-0.2, -0.15) is 0 Å². The van der Waals surface area contributed by atoms with Crippen LogP contribution in [0, 0.1) is 4.64 Å². The lowest BCUT2D eigenvalue weighted by molar-refractivity contribution is 0.0950. The molecule has 0 aliphatic heterocycles. The van der Waals surface area contributed by atoms with Crippen LogP contribution in [0.1, 0.15) is 21.5 Å². The summed E-state index contributed by atoms with van der Waals surface area (Å²) in [6.07, 6.45) is 3.48. The molecule has 0 fully saturated rings. The number of aromatic nitrogens is 1. The number of hydrogen-bond donors (Lipinski definition) is 2. The molecule has 2 N–H and O–H groups in total. The Bertz CT molecular complexity index is 644. The van der Waals surface area contributed by atoms with Crippen molar-refractivity contribution in [3.63, 3.8) is 0 Å². The monoisotopic (exact) mass is 270 g/mol. The first-order chi connectivity index (χ1) is 9.20. The van der Waals surface area contributed by atoms with Gasteiger partial charge in [-0.05, 0) is 23.3 Å². The van der Waals surface area contributed by atoms with E-state index in [0.29, 0.717) is 16.7 Å². The minimum Gasteiger partial charge on any atom is -0.352 e. The van der Waals surface area contributed by atoms with Crippen molar-refractivity contribution in [3.8, 4) is 0 Å². The highest BCUT2D eigenvalue weighted by Gasteiger charge is 2.06. The topological polar surface area (TPSA) is 44.9 Å². The third-order valence-corrected chi connectivity index (χ3v) is 3.07. The van der Waals surface area contributed by atoms with E-state index in [1.165, 1.54) is 0 Å². The number of nitrogens with one attached hydrogen (secondary N) is 2. The van der Waals surface area contributed by atoms with Gasteiger partial charge < -0.3 is 10.3 Å². The van der Waals surface area contributed by atoms with E-state index in [4.69, 9.17) is 12.2 Å². The van der Waals surface area contributed by atoms with Crippen molar-refractivity contribution < 1.29 is 4.79 Å². The predicted octanol–water partition coefficient (Wildman–Crippen LogP) is 3.32. The summed E-state index contributed by atoms with van der Waals surface area (Å²) in [7, 11) is 0. The van der Waals surface area contributed by atoms with Crippen LogP contribution >= 0.6 is 12.2 Å². The first kappa shape index (κ1) is 13.2. The minimum absolute atomic E-state index is 0.172. The number of benzene rings is 1. The van der Waals surface area contributed by atoms with Gasteiger partial charge in [-0.25, -0.2) is 0 Å². The molecule has 0 radical (unpaired) electrons. The Morgan fingerprint density at radius 2 is 2.05 bits per heavy atom. The van der Waals surface area contributed by atoms with Crippen LogP contribution in [0.25, 0.3) is 6.08 Å². The van der Waals surface area contributed by atoms with Gasteiger partial charge in [-0.1, -0.05) is 49.1 Å². The molecule has 1 amide bonds. The molecule has 0 saturated carbocycles. The van der Waals surface area contributed by atoms with Crippen LogP contribution in [-0.2, 0) is 6.54 Å². The molecule has 2 rings (SSSR count). The molecule has 2 aromatic rings. The van der Waals surface area contributed by atoms with Crippen LogP contribution in [0.4, 0.5) is 0 Å². The van der Waals surface area contributed by atoms with Gasteiger partial charge in [-0.15, -0.1) is 0 Å². The van der Waals surface area contributed by atoms with Crippen molar-refractivity contribution in [2.24, 2.45) is 0 Å². The fourth-order valence-electron chi connectivity index (χ4n) is 1.65. The number of rotatable bonds is 4. The van der Waals surface area contributed by atoms with E-state index in [9.17, 15) is 4.79 Å². The summed E-state index contributed by atoms with van der Waals surface area (Å²) in [6, 6.07) is 11.3. The van der Waals surface area contributed by atoms with E-state index in [1.54, 1.807) is 24.4 Å². The van der Waals surface area contributed by atoms with Crippen LogP contribution in [0.2, 0.25) is 0 Å². The van der Waals surface area contributed by atoms with Gasteiger partial charge in [-0.3, -0.25) is 4.79 Å². The lowest BCUT2D eigenvalue weighted by atomic mass is 10.1. The average molecular weight is 270 g/mol. The third-order valence-electron chi connectivity index (χ3n) is 2.73. The molecule has 0 aliphatic carbocycles. The van der Waals surface area contributed by atoms with Crippen LogP contribution in [0.15, 0.2) is 49.2 Å². The molecular formula is C15H14N2OS. The molecular weight excluding hydrogens is 256 g/mol. The van der Waals surface area contributed by atoms with Crippen LogP contribution in [0.3, 0.4) is 0 Å². The predicted molar refractivity (Wildman–Crippen MR) is 79.3 cm³/mol. The van der Waals surface area contributed by atoms with E-state index in [2.05, 4.69) is 16.9 Å². The maximum Gasteiger partial charge on any atom is 0.254 e. The fraction of sp³-hybridized carbons (Fsp3) is 0.0667. The highest BCUT2D eigenvalue weighted by Crippen LogP contribution is 2.06. The van der Waals surface area contributed by atoms with Gasteiger partial charge in [0.2, 0.25) is 0 Å². The van der Waals surface area contributed by atoms with Crippen LogP contribution in [-0.4, -0.2) is 10.9 Å². The molecule has 19 heavy (non-hydrogen) atoms. The molecule has 1 aromatic heterocycles. The number of H-pyrrole nitrogens is 1. The number of aromatic amines is 1. The lowest BCUT2D eigenvalue weighted by Gasteiger charge is -2.05. The molecule has 0 atom stereocenters. The maximum absolute atomic E-state index is 11.9. The van der Waals surface area contributed by atoms with E-state index in [0.717, 1.165) is 11.1 Å².